The summed E-state index contributed by atoms with van der Waals surface area (Å²) in [6, 6.07) is 5.31. The highest BCUT2D eigenvalue weighted by molar-refractivity contribution is 5.87. The van der Waals surface area contributed by atoms with Gasteiger partial charge in [-0.1, -0.05) is 6.07 Å². The molecule has 0 aliphatic carbocycles. The van der Waals surface area contributed by atoms with Crippen molar-refractivity contribution in [1.29, 1.82) is 0 Å². The number of fused-ring (bicyclic) bond motifs is 1. The van der Waals surface area contributed by atoms with E-state index >= 15 is 0 Å². The molecule has 1 saturated heterocycles. The Morgan fingerprint density at radius 3 is 2.79 bits per heavy atom. The van der Waals surface area contributed by atoms with Crippen LogP contribution in [0.2, 0.25) is 0 Å². The van der Waals surface area contributed by atoms with Crippen molar-refractivity contribution in [3.63, 3.8) is 0 Å². The van der Waals surface area contributed by atoms with Gasteiger partial charge in [0.2, 0.25) is 0 Å². The number of aromatic nitrogens is 2. The first-order chi connectivity index (χ1) is 9.13. The fourth-order valence-corrected chi connectivity index (χ4v) is 2.39. The van der Waals surface area contributed by atoms with Crippen LogP contribution in [-0.4, -0.2) is 49.8 Å². The van der Waals surface area contributed by atoms with E-state index in [1.807, 2.05) is 0 Å². The summed E-state index contributed by atoms with van der Waals surface area (Å²) in [4.78, 5) is 4.18. The van der Waals surface area contributed by atoms with Gasteiger partial charge in [-0.05, 0) is 12.1 Å². The number of ether oxygens (including phenoxy) is 1. The van der Waals surface area contributed by atoms with Gasteiger partial charge in [-0.15, -0.1) is 0 Å². The Kier molecular flexibility index (Phi) is 2.90. The first kappa shape index (κ1) is 12.4. The van der Waals surface area contributed by atoms with E-state index < -0.39 is 24.5 Å². The molecule has 0 bridgehead atoms. The maximum atomic E-state index is 9.99. The van der Waals surface area contributed by atoms with Crippen molar-refractivity contribution in [2.24, 2.45) is 0 Å². The van der Waals surface area contributed by atoms with E-state index in [0.717, 1.165) is 0 Å². The Balaban J connectivity index is 2.04. The average Bonchev–Trinajstić information content (AvgIpc) is 2.94. The van der Waals surface area contributed by atoms with E-state index in [1.165, 1.54) is 6.33 Å². The summed E-state index contributed by atoms with van der Waals surface area (Å²) in [5.74, 6) is 0. The Labute approximate surface area is 108 Å². The first-order valence-corrected chi connectivity index (χ1v) is 5.97. The van der Waals surface area contributed by atoms with Crippen LogP contribution in [0.15, 0.2) is 24.5 Å². The van der Waals surface area contributed by atoms with E-state index in [2.05, 4.69) is 4.98 Å². The Hall–Kier alpha value is -1.67. The monoisotopic (exact) mass is 265 g/mol. The quantitative estimate of drug-likeness (QED) is 0.530. The van der Waals surface area contributed by atoms with Crippen LogP contribution in [0.4, 0.5) is 5.69 Å². The van der Waals surface area contributed by atoms with Crippen LogP contribution < -0.4 is 5.73 Å². The molecule has 19 heavy (non-hydrogen) atoms. The Bertz CT molecular complexity index is 600. The highest BCUT2D eigenvalue weighted by Crippen LogP contribution is 2.32. The molecule has 3 rings (SSSR count). The number of benzene rings is 1. The van der Waals surface area contributed by atoms with Crippen LogP contribution in [-0.2, 0) is 4.74 Å². The zero-order valence-corrected chi connectivity index (χ0v) is 10.0. The summed E-state index contributed by atoms with van der Waals surface area (Å²) in [5.41, 5.74) is 7.66. The summed E-state index contributed by atoms with van der Waals surface area (Å²) in [6.45, 7) is -0.358. The molecule has 1 aliphatic rings. The zero-order valence-electron chi connectivity index (χ0n) is 10.0. The van der Waals surface area contributed by atoms with Crippen LogP contribution in [0.5, 0.6) is 0 Å². The molecule has 1 aromatic carbocycles. The molecule has 5 N–H and O–H groups in total. The van der Waals surface area contributed by atoms with Gasteiger partial charge in [-0.3, -0.25) is 0 Å². The van der Waals surface area contributed by atoms with Gasteiger partial charge in [0, 0.05) is 0 Å². The number of nitrogens with zero attached hydrogens (tertiary/aromatic N) is 2. The predicted octanol–water partition coefficient (Wildman–Crippen LogP) is -0.770. The number of rotatable bonds is 2. The van der Waals surface area contributed by atoms with Gasteiger partial charge in [0.25, 0.3) is 0 Å². The number of anilines is 1. The zero-order chi connectivity index (χ0) is 13.6. The van der Waals surface area contributed by atoms with Gasteiger partial charge in [-0.25, -0.2) is 4.98 Å². The van der Waals surface area contributed by atoms with Gasteiger partial charge in [0.05, 0.1) is 24.1 Å². The fraction of sp³-hybridized carbons (Fsp3) is 0.417. The summed E-state index contributed by atoms with van der Waals surface area (Å²) in [7, 11) is 0. The van der Waals surface area contributed by atoms with Crippen molar-refractivity contribution in [3.8, 4) is 0 Å². The minimum atomic E-state index is -1.13. The summed E-state index contributed by atoms with van der Waals surface area (Å²) < 4.78 is 7.07. The molecule has 1 aromatic heterocycles. The van der Waals surface area contributed by atoms with Crippen molar-refractivity contribution < 1.29 is 20.1 Å². The summed E-state index contributed by atoms with van der Waals surface area (Å²) >= 11 is 0. The van der Waals surface area contributed by atoms with Gasteiger partial charge in [0.1, 0.15) is 23.8 Å². The maximum Gasteiger partial charge on any atom is 0.164 e. The van der Waals surface area contributed by atoms with Crippen molar-refractivity contribution in [2.45, 2.75) is 24.5 Å². The van der Waals surface area contributed by atoms with Crippen LogP contribution in [0, 0.1) is 0 Å². The predicted molar refractivity (Wildman–Crippen MR) is 67.2 cm³/mol. The number of nitrogens with two attached hydrogens (primary N) is 1. The third-order valence-corrected chi connectivity index (χ3v) is 3.43. The van der Waals surface area contributed by atoms with E-state index in [9.17, 15) is 10.2 Å². The number of imidazole rings is 1. The van der Waals surface area contributed by atoms with Gasteiger partial charge < -0.3 is 30.4 Å². The number of para-hydroxylation sites is 1. The summed E-state index contributed by atoms with van der Waals surface area (Å²) in [6.07, 6.45) is -2.36. The van der Waals surface area contributed by atoms with E-state index in [0.29, 0.717) is 16.7 Å². The third kappa shape index (κ3) is 1.79. The molecule has 2 aromatic rings. The lowest BCUT2D eigenvalue weighted by Crippen LogP contribution is -2.33. The molecule has 4 atom stereocenters. The number of aliphatic hydroxyl groups is 3. The van der Waals surface area contributed by atoms with E-state index in [4.69, 9.17) is 15.6 Å². The fourth-order valence-electron chi connectivity index (χ4n) is 2.39. The minimum absolute atomic E-state index is 0.358. The van der Waals surface area contributed by atoms with Crippen molar-refractivity contribution in [1.82, 2.24) is 9.55 Å². The highest BCUT2D eigenvalue weighted by atomic mass is 16.6. The largest absolute Gasteiger partial charge is 0.397 e. The minimum Gasteiger partial charge on any atom is -0.397 e. The average molecular weight is 265 g/mol. The molecule has 102 valence electrons. The van der Waals surface area contributed by atoms with Crippen molar-refractivity contribution in [3.05, 3.63) is 24.5 Å². The SMILES string of the molecule is Nc1cccc2c1ncn2[C@@H]1O[C@H](CO)[C@H](O)[C@H]1O. The Morgan fingerprint density at radius 1 is 1.32 bits per heavy atom. The van der Waals surface area contributed by atoms with Crippen LogP contribution in [0.3, 0.4) is 0 Å². The molecule has 0 amide bonds. The third-order valence-electron chi connectivity index (χ3n) is 3.43. The molecular weight excluding hydrogens is 250 g/mol. The molecule has 0 saturated carbocycles. The van der Waals surface area contributed by atoms with Crippen molar-refractivity contribution >= 4 is 16.7 Å². The number of hydrogen-bond donors (Lipinski definition) is 4. The van der Waals surface area contributed by atoms with Gasteiger partial charge in [0.15, 0.2) is 6.23 Å². The standard InChI is InChI=1S/C12H15N3O4/c13-6-2-1-3-7-9(6)14-5-15(7)12-11(18)10(17)8(4-16)19-12/h1-3,5,8,10-12,16-18H,4,13H2/t8-,10+,11-,12-/m1/s1. The number of nitrogen functional groups attached to an aromatic ring is 1. The number of aliphatic hydroxyl groups excluding tert-OH is 3. The molecule has 1 fully saturated rings. The highest BCUT2D eigenvalue weighted by Gasteiger charge is 2.43. The Morgan fingerprint density at radius 2 is 2.11 bits per heavy atom. The second kappa shape index (κ2) is 4.46. The second-order valence-electron chi connectivity index (χ2n) is 4.60. The molecule has 1 aliphatic heterocycles. The summed E-state index contributed by atoms with van der Waals surface area (Å²) in [5, 5.41) is 28.8. The maximum absolute atomic E-state index is 9.99. The smallest absolute Gasteiger partial charge is 0.164 e. The lowest BCUT2D eigenvalue weighted by molar-refractivity contribution is -0.0508. The van der Waals surface area contributed by atoms with Gasteiger partial charge in [-0.2, -0.15) is 0 Å². The molecule has 7 nitrogen and oxygen atoms in total. The molecule has 0 unspecified atom stereocenters. The lowest BCUT2D eigenvalue weighted by Gasteiger charge is -2.17. The van der Waals surface area contributed by atoms with E-state index in [1.54, 1.807) is 22.8 Å². The van der Waals surface area contributed by atoms with Crippen molar-refractivity contribution in [2.75, 3.05) is 12.3 Å². The molecule has 2 heterocycles. The second-order valence-corrected chi connectivity index (χ2v) is 4.60. The number of hydrogen-bond acceptors (Lipinski definition) is 6. The normalized spacial score (nSPS) is 31.1. The first-order valence-electron chi connectivity index (χ1n) is 5.97. The van der Waals surface area contributed by atoms with Crippen LogP contribution in [0.25, 0.3) is 11.0 Å². The van der Waals surface area contributed by atoms with Gasteiger partial charge >= 0.3 is 0 Å². The molecule has 0 radical (unpaired) electrons. The van der Waals surface area contributed by atoms with E-state index in [-0.39, 0.29) is 6.61 Å². The topological polar surface area (TPSA) is 114 Å². The molecule has 7 heteroatoms. The van der Waals surface area contributed by atoms with Crippen LogP contribution >= 0.6 is 0 Å². The molecular formula is C12H15N3O4. The molecule has 0 spiro atoms. The lowest BCUT2D eigenvalue weighted by atomic mass is 10.1. The van der Waals surface area contributed by atoms with Crippen LogP contribution in [0.1, 0.15) is 6.23 Å².